The predicted molar refractivity (Wildman–Crippen MR) is 50.7 cm³/mol. The molecule has 0 saturated heterocycles. The van der Waals surface area contributed by atoms with Crippen LogP contribution in [0.1, 0.15) is 16.1 Å². The van der Waals surface area contributed by atoms with E-state index in [0.29, 0.717) is 11.3 Å². The molecule has 0 atom stereocenters. The van der Waals surface area contributed by atoms with Crippen molar-refractivity contribution in [3.05, 3.63) is 29.6 Å². The Balaban J connectivity index is 0.00000144. The van der Waals surface area contributed by atoms with Crippen molar-refractivity contribution in [3.63, 3.8) is 0 Å². The van der Waals surface area contributed by atoms with Crippen molar-refractivity contribution in [1.29, 1.82) is 0 Å². The molecule has 0 radical (unpaired) electrons. The van der Waals surface area contributed by atoms with E-state index in [9.17, 15) is 4.79 Å². The molecule has 4 nitrogen and oxygen atoms in total. The van der Waals surface area contributed by atoms with Gasteiger partial charge < -0.3 is 10.5 Å². The Morgan fingerprint density at radius 2 is 2.38 bits per heavy atom. The van der Waals surface area contributed by atoms with Gasteiger partial charge in [0, 0.05) is 12.7 Å². The van der Waals surface area contributed by atoms with Crippen molar-refractivity contribution in [2.75, 3.05) is 7.11 Å². The molecule has 1 aromatic heterocycles. The number of rotatable bonds is 2. The Morgan fingerprint density at radius 1 is 1.69 bits per heavy atom. The molecule has 0 amide bonds. The zero-order valence-corrected chi connectivity index (χ0v) is 8.00. The Labute approximate surface area is 82.5 Å². The molecule has 13 heavy (non-hydrogen) atoms. The van der Waals surface area contributed by atoms with E-state index in [0.717, 1.165) is 0 Å². The number of hydrogen-bond donors (Lipinski definition) is 1. The Morgan fingerprint density at radius 3 is 2.92 bits per heavy atom. The molecule has 0 aliphatic rings. The lowest BCUT2D eigenvalue weighted by Crippen LogP contribution is -2.10. The molecular weight excluding hydrogens is 192 g/mol. The van der Waals surface area contributed by atoms with Crippen LogP contribution in [0.25, 0.3) is 0 Å². The molecule has 1 rings (SSSR count). The van der Waals surface area contributed by atoms with E-state index >= 15 is 0 Å². The van der Waals surface area contributed by atoms with Crippen LogP contribution in [-0.2, 0) is 11.3 Å². The number of esters is 1. The summed E-state index contributed by atoms with van der Waals surface area (Å²) < 4.78 is 4.52. The summed E-state index contributed by atoms with van der Waals surface area (Å²) in [5.41, 5.74) is 6.39. The van der Waals surface area contributed by atoms with Gasteiger partial charge in [-0.2, -0.15) is 0 Å². The quantitative estimate of drug-likeness (QED) is 0.719. The van der Waals surface area contributed by atoms with Gasteiger partial charge in [-0.05, 0) is 11.6 Å². The highest BCUT2D eigenvalue weighted by atomic mass is 35.5. The fraction of sp³-hybridized carbons (Fsp3) is 0.250. The van der Waals surface area contributed by atoms with E-state index in [2.05, 4.69) is 9.72 Å². The van der Waals surface area contributed by atoms with Crippen molar-refractivity contribution < 1.29 is 9.53 Å². The van der Waals surface area contributed by atoms with Gasteiger partial charge >= 0.3 is 5.97 Å². The number of ether oxygens (including phenoxy) is 1. The highest BCUT2D eigenvalue weighted by Crippen LogP contribution is 2.04. The summed E-state index contributed by atoms with van der Waals surface area (Å²) in [4.78, 5) is 14.9. The Hall–Kier alpha value is -1.13. The van der Waals surface area contributed by atoms with Gasteiger partial charge in [0.05, 0.1) is 7.11 Å². The minimum atomic E-state index is -0.448. The fourth-order valence-corrected chi connectivity index (χ4v) is 0.884. The first-order chi connectivity index (χ1) is 5.79. The lowest BCUT2D eigenvalue weighted by molar-refractivity contribution is 0.0592. The van der Waals surface area contributed by atoms with Crippen molar-refractivity contribution in [3.8, 4) is 0 Å². The summed E-state index contributed by atoms with van der Waals surface area (Å²) in [6, 6.07) is 3.48. The molecule has 0 aliphatic heterocycles. The summed E-state index contributed by atoms with van der Waals surface area (Å²) >= 11 is 0. The van der Waals surface area contributed by atoms with Gasteiger partial charge in [0.15, 0.2) is 5.69 Å². The van der Waals surface area contributed by atoms with Crippen LogP contribution >= 0.6 is 12.4 Å². The third kappa shape index (κ3) is 2.68. The van der Waals surface area contributed by atoms with Crippen LogP contribution in [0.4, 0.5) is 0 Å². The second-order valence-electron chi connectivity index (χ2n) is 2.21. The first kappa shape index (κ1) is 11.9. The van der Waals surface area contributed by atoms with Gasteiger partial charge in [-0.25, -0.2) is 9.78 Å². The second kappa shape index (κ2) is 5.50. The topological polar surface area (TPSA) is 65.2 Å². The van der Waals surface area contributed by atoms with Gasteiger partial charge in [-0.1, -0.05) is 6.07 Å². The van der Waals surface area contributed by atoms with Gasteiger partial charge in [-0.3, -0.25) is 0 Å². The number of methoxy groups -OCH3 is 1. The molecule has 0 fully saturated rings. The van der Waals surface area contributed by atoms with Crippen molar-refractivity contribution in [2.24, 2.45) is 5.73 Å². The number of pyridine rings is 1. The maximum absolute atomic E-state index is 11.1. The number of hydrogen-bond acceptors (Lipinski definition) is 4. The minimum absolute atomic E-state index is 0. The molecular formula is C8H11ClN2O2. The van der Waals surface area contributed by atoms with E-state index in [1.165, 1.54) is 13.3 Å². The average molecular weight is 203 g/mol. The highest BCUT2D eigenvalue weighted by molar-refractivity contribution is 5.88. The van der Waals surface area contributed by atoms with Crippen molar-refractivity contribution in [2.45, 2.75) is 6.54 Å². The summed E-state index contributed by atoms with van der Waals surface area (Å²) in [5.74, 6) is -0.448. The maximum Gasteiger partial charge on any atom is 0.356 e. The summed E-state index contributed by atoms with van der Waals surface area (Å²) in [6.07, 6.45) is 1.53. The monoisotopic (exact) mass is 202 g/mol. The molecule has 1 heterocycles. The molecule has 1 aromatic rings. The number of nitrogens with two attached hydrogens (primary N) is 1. The lowest BCUT2D eigenvalue weighted by atomic mass is 10.2. The van der Waals surface area contributed by atoms with Crippen LogP contribution in [0, 0.1) is 0 Å². The highest BCUT2D eigenvalue weighted by Gasteiger charge is 2.10. The SMILES string of the molecule is COC(=O)c1ncccc1CN.Cl. The van der Waals surface area contributed by atoms with Crippen LogP contribution in [-0.4, -0.2) is 18.1 Å². The second-order valence-corrected chi connectivity index (χ2v) is 2.21. The third-order valence-corrected chi connectivity index (χ3v) is 1.49. The van der Waals surface area contributed by atoms with Crippen LogP contribution in [0.5, 0.6) is 0 Å². The molecule has 0 unspecified atom stereocenters. The first-order valence-corrected chi connectivity index (χ1v) is 3.52. The largest absolute Gasteiger partial charge is 0.464 e. The van der Waals surface area contributed by atoms with Crippen LogP contribution in [0.3, 0.4) is 0 Å². The molecule has 72 valence electrons. The molecule has 0 aliphatic carbocycles. The van der Waals surface area contributed by atoms with Gasteiger partial charge in [-0.15, -0.1) is 12.4 Å². The number of carbonyl (C=O) groups is 1. The standard InChI is InChI=1S/C8H10N2O2.ClH/c1-12-8(11)7-6(5-9)3-2-4-10-7;/h2-4H,5,9H2,1H3;1H. The van der Waals surface area contributed by atoms with Gasteiger partial charge in [0.25, 0.3) is 0 Å². The maximum atomic E-state index is 11.1. The van der Waals surface area contributed by atoms with E-state index in [1.807, 2.05) is 0 Å². The lowest BCUT2D eigenvalue weighted by Gasteiger charge is -2.02. The zero-order chi connectivity index (χ0) is 8.97. The Bertz CT molecular complexity index is 291. The number of nitrogens with zero attached hydrogens (tertiary/aromatic N) is 1. The van der Waals surface area contributed by atoms with E-state index in [1.54, 1.807) is 12.1 Å². The number of halogens is 1. The Kier molecular flexibility index (Phi) is 5.03. The summed E-state index contributed by atoms with van der Waals surface area (Å²) in [7, 11) is 1.32. The van der Waals surface area contributed by atoms with Gasteiger partial charge in [0.1, 0.15) is 0 Å². The molecule has 0 saturated carbocycles. The molecule has 0 spiro atoms. The normalized spacial score (nSPS) is 8.77. The first-order valence-electron chi connectivity index (χ1n) is 3.52. The average Bonchev–Trinajstić information content (AvgIpc) is 2.16. The summed E-state index contributed by atoms with van der Waals surface area (Å²) in [6.45, 7) is 0.290. The fourth-order valence-electron chi connectivity index (χ4n) is 0.884. The predicted octanol–water partition coefficient (Wildman–Crippen LogP) is 0.749. The molecule has 0 aromatic carbocycles. The van der Waals surface area contributed by atoms with Crippen LogP contribution in [0.2, 0.25) is 0 Å². The third-order valence-electron chi connectivity index (χ3n) is 1.49. The number of carbonyl (C=O) groups excluding carboxylic acids is 1. The number of aromatic nitrogens is 1. The van der Waals surface area contributed by atoms with E-state index < -0.39 is 5.97 Å². The minimum Gasteiger partial charge on any atom is -0.464 e. The van der Waals surface area contributed by atoms with Crippen LogP contribution in [0.15, 0.2) is 18.3 Å². The molecule has 5 heteroatoms. The molecule has 2 N–H and O–H groups in total. The van der Waals surface area contributed by atoms with E-state index in [-0.39, 0.29) is 19.0 Å². The zero-order valence-electron chi connectivity index (χ0n) is 7.19. The van der Waals surface area contributed by atoms with Gasteiger partial charge in [0.2, 0.25) is 0 Å². The smallest absolute Gasteiger partial charge is 0.356 e. The van der Waals surface area contributed by atoms with Crippen LogP contribution < -0.4 is 5.73 Å². The summed E-state index contributed by atoms with van der Waals surface area (Å²) in [5, 5.41) is 0. The van der Waals surface area contributed by atoms with E-state index in [4.69, 9.17) is 5.73 Å². The molecule has 0 bridgehead atoms. The van der Waals surface area contributed by atoms with Crippen molar-refractivity contribution in [1.82, 2.24) is 4.98 Å². The van der Waals surface area contributed by atoms with Crippen molar-refractivity contribution >= 4 is 18.4 Å².